The van der Waals surface area contributed by atoms with Gasteiger partial charge in [-0.3, -0.25) is 19.3 Å². The standard InChI is InChI=1S/C23H30N4O2.2CH2O2/c1-16-3-4-17(2)18(11-16)22(28)25-12-19-20-13-27(10-9-26-8-7-24-15-26)14-23(20)6-5-21(19)29-23;2*2-1-3/h3-4,7-8,11,15,19-21H,5-6,9-10,12-14H2,1-2H3,(H,25,28);2*1H,(H,2,3)/t19-,20+,21+,23+;;/m0../s1. The van der Waals surface area contributed by atoms with Gasteiger partial charge in [0.25, 0.3) is 18.9 Å². The monoisotopic (exact) mass is 486 g/mol. The molecule has 0 saturated carbocycles. The van der Waals surface area contributed by atoms with Crippen LogP contribution in [0.3, 0.4) is 0 Å². The smallest absolute Gasteiger partial charge is 0.290 e. The molecule has 10 heteroatoms. The van der Waals surface area contributed by atoms with Crippen molar-refractivity contribution in [1.29, 1.82) is 0 Å². The van der Waals surface area contributed by atoms with Crippen LogP contribution in [-0.4, -0.2) is 81.4 Å². The SMILES string of the molecule is Cc1ccc(C)c(C(=O)NC[C@H]2[C@H]3CN(CCn4ccnc4)C[C@]34CC[C@H]2O4)c1.O=CO.O=CO. The van der Waals surface area contributed by atoms with E-state index in [1.54, 1.807) is 0 Å². The zero-order chi connectivity index (χ0) is 25.4. The molecule has 3 N–H and O–H groups in total. The van der Waals surface area contributed by atoms with Gasteiger partial charge in [0.05, 0.1) is 18.0 Å². The van der Waals surface area contributed by atoms with Crippen molar-refractivity contribution in [3.8, 4) is 0 Å². The molecule has 5 rings (SSSR count). The molecule has 1 spiro atoms. The van der Waals surface area contributed by atoms with E-state index in [1.807, 2.05) is 44.7 Å². The third-order valence-electron chi connectivity index (χ3n) is 7.22. The molecule has 4 atom stereocenters. The van der Waals surface area contributed by atoms with E-state index in [4.69, 9.17) is 24.5 Å². The van der Waals surface area contributed by atoms with Crippen LogP contribution in [0.25, 0.3) is 0 Å². The molecule has 4 heterocycles. The summed E-state index contributed by atoms with van der Waals surface area (Å²) in [6.45, 7) is 8.29. The van der Waals surface area contributed by atoms with E-state index in [-0.39, 0.29) is 24.5 Å². The van der Waals surface area contributed by atoms with Gasteiger partial charge in [0, 0.05) is 62.5 Å². The molecule has 1 amide bonds. The Kier molecular flexibility index (Phi) is 9.00. The van der Waals surface area contributed by atoms with Gasteiger partial charge in [-0.05, 0) is 38.3 Å². The lowest BCUT2D eigenvalue weighted by Gasteiger charge is -2.29. The van der Waals surface area contributed by atoms with Crippen molar-refractivity contribution in [2.24, 2.45) is 11.8 Å². The summed E-state index contributed by atoms with van der Waals surface area (Å²) in [4.78, 5) is 36.2. The first kappa shape index (κ1) is 26.4. The zero-order valence-electron chi connectivity index (χ0n) is 20.2. The van der Waals surface area contributed by atoms with Crippen LogP contribution < -0.4 is 5.32 Å². The molecule has 35 heavy (non-hydrogen) atoms. The largest absolute Gasteiger partial charge is 0.483 e. The molecule has 3 aliphatic heterocycles. The summed E-state index contributed by atoms with van der Waals surface area (Å²) in [5, 5.41) is 17.0. The number of benzene rings is 1. The fourth-order valence-corrected chi connectivity index (χ4v) is 5.69. The summed E-state index contributed by atoms with van der Waals surface area (Å²) in [5.41, 5.74) is 2.94. The van der Waals surface area contributed by atoms with Gasteiger partial charge in [0.2, 0.25) is 0 Å². The van der Waals surface area contributed by atoms with Gasteiger partial charge in [-0.1, -0.05) is 17.7 Å². The highest BCUT2D eigenvalue weighted by molar-refractivity contribution is 5.95. The third-order valence-corrected chi connectivity index (χ3v) is 7.22. The molecule has 3 aliphatic rings. The number of nitrogens with zero attached hydrogens (tertiary/aromatic N) is 3. The lowest BCUT2D eigenvalue weighted by molar-refractivity contribution is -0.123. The molecule has 190 valence electrons. The predicted molar refractivity (Wildman–Crippen MR) is 128 cm³/mol. The number of aromatic nitrogens is 2. The second-order valence-electron chi connectivity index (χ2n) is 9.30. The first-order chi connectivity index (χ1) is 16.9. The Morgan fingerprint density at radius 1 is 1.26 bits per heavy atom. The topological polar surface area (TPSA) is 134 Å². The van der Waals surface area contributed by atoms with E-state index in [1.165, 1.54) is 0 Å². The number of likely N-dealkylation sites (tertiary alicyclic amines) is 1. The van der Waals surface area contributed by atoms with E-state index >= 15 is 0 Å². The fourth-order valence-electron chi connectivity index (χ4n) is 5.69. The molecular weight excluding hydrogens is 452 g/mol. The van der Waals surface area contributed by atoms with Crippen molar-refractivity contribution in [2.45, 2.75) is 44.9 Å². The van der Waals surface area contributed by atoms with E-state index in [0.29, 0.717) is 24.5 Å². The van der Waals surface area contributed by atoms with Gasteiger partial charge in [-0.25, -0.2) is 4.98 Å². The van der Waals surface area contributed by atoms with Gasteiger partial charge in [0.15, 0.2) is 0 Å². The summed E-state index contributed by atoms with van der Waals surface area (Å²) in [5.74, 6) is 0.969. The lowest BCUT2D eigenvalue weighted by Crippen LogP contribution is -2.42. The highest BCUT2D eigenvalue weighted by Crippen LogP contribution is 2.54. The fraction of sp³-hybridized carbons (Fsp3) is 0.520. The number of hydrogen-bond donors (Lipinski definition) is 3. The molecule has 10 nitrogen and oxygen atoms in total. The maximum atomic E-state index is 12.8. The minimum atomic E-state index is -0.250. The Bertz CT molecular complexity index is 992. The number of ether oxygens (including phenoxy) is 1. The maximum absolute atomic E-state index is 12.8. The Morgan fingerprint density at radius 2 is 2.00 bits per heavy atom. The third kappa shape index (κ3) is 6.07. The normalized spacial score (nSPS) is 26.1. The minimum Gasteiger partial charge on any atom is -0.483 e. The van der Waals surface area contributed by atoms with Crippen molar-refractivity contribution in [3.05, 3.63) is 53.6 Å². The van der Waals surface area contributed by atoms with Crippen LogP contribution in [0.4, 0.5) is 0 Å². The van der Waals surface area contributed by atoms with Crippen LogP contribution in [0.2, 0.25) is 0 Å². The Labute approximate surface area is 204 Å². The van der Waals surface area contributed by atoms with E-state index in [2.05, 4.69) is 25.8 Å². The average Bonchev–Trinajstić information content (AvgIpc) is 3.60. The predicted octanol–water partition coefficient (Wildman–Crippen LogP) is 1.81. The second kappa shape index (κ2) is 11.9. The van der Waals surface area contributed by atoms with Gasteiger partial charge in [-0.2, -0.15) is 0 Å². The molecule has 0 unspecified atom stereocenters. The van der Waals surface area contributed by atoms with Crippen LogP contribution in [0.1, 0.15) is 34.3 Å². The summed E-state index contributed by atoms with van der Waals surface area (Å²) < 4.78 is 8.66. The van der Waals surface area contributed by atoms with Crippen molar-refractivity contribution < 1.29 is 29.3 Å². The molecule has 1 aromatic carbocycles. The number of amides is 1. The number of aryl methyl sites for hydroxylation is 2. The van der Waals surface area contributed by atoms with Gasteiger partial charge in [-0.15, -0.1) is 0 Å². The van der Waals surface area contributed by atoms with Gasteiger partial charge >= 0.3 is 0 Å². The Morgan fingerprint density at radius 3 is 2.69 bits per heavy atom. The molecular formula is C25H34N4O6. The van der Waals surface area contributed by atoms with Crippen LogP contribution in [-0.2, 0) is 20.9 Å². The summed E-state index contributed by atoms with van der Waals surface area (Å²) >= 11 is 0. The zero-order valence-corrected chi connectivity index (χ0v) is 20.2. The number of imidazole rings is 1. The number of fused-ring (bicyclic) bond motifs is 1. The van der Waals surface area contributed by atoms with E-state index < -0.39 is 0 Å². The highest BCUT2D eigenvalue weighted by Gasteiger charge is 2.62. The van der Waals surface area contributed by atoms with Crippen molar-refractivity contribution in [1.82, 2.24) is 19.8 Å². The second-order valence-corrected chi connectivity index (χ2v) is 9.30. The summed E-state index contributed by atoms with van der Waals surface area (Å²) in [7, 11) is 0. The van der Waals surface area contributed by atoms with Crippen molar-refractivity contribution in [2.75, 3.05) is 26.2 Å². The van der Waals surface area contributed by atoms with Gasteiger partial charge < -0.3 is 24.8 Å². The minimum absolute atomic E-state index is 0.00819. The van der Waals surface area contributed by atoms with Crippen LogP contribution >= 0.6 is 0 Å². The number of carboxylic acid groups (broad SMARTS) is 2. The molecule has 2 aromatic rings. The first-order valence-corrected chi connectivity index (χ1v) is 11.7. The lowest BCUT2D eigenvalue weighted by atomic mass is 9.73. The summed E-state index contributed by atoms with van der Waals surface area (Å²) in [6.07, 6.45) is 8.30. The number of carbonyl (C=O) groups excluding carboxylic acids is 1. The molecule has 3 fully saturated rings. The van der Waals surface area contributed by atoms with Crippen molar-refractivity contribution in [3.63, 3.8) is 0 Å². The van der Waals surface area contributed by atoms with E-state index in [0.717, 1.165) is 55.7 Å². The summed E-state index contributed by atoms with van der Waals surface area (Å²) in [6, 6.07) is 6.06. The Balaban J connectivity index is 0.000000520. The van der Waals surface area contributed by atoms with Crippen molar-refractivity contribution >= 4 is 18.9 Å². The number of rotatable bonds is 6. The van der Waals surface area contributed by atoms with Crippen LogP contribution in [0.5, 0.6) is 0 Å². The first-order valence-electron chi connectivity index (χ1n) is 11.7. The molecule has 3 saturated heterocycles. The maximum Gasteiger partial charge on any atom is 0.290 e. The quantitative estimate of drug-likeness (QED) is 0.527. The number of carbonyl (C=O) groups is 3. The Hall–Kier alpha value is -3.24. The molecule has 1 aromatic heterocycles. The molecule has 2 bridgehead atoms. The van der Waals surface area contributed by atoms with Crippen LogP contribution in [0.15, 0.2) is 36.9 Å². The van der Waals surface area contributed by atoms with Gasteiger partial charge in [0.1, 0.15) is 0 Å². The van der Waals surface area contributed by atoms with Crippen LogP contribution in [0, 0.1) is 25.7 Å². The van der Waals surface area contributed by atoms with E-state index in [9.17, 15) is 4.79 Å². The molecule has 0 aliphatic carbocycles. The molecule has 0 radical (unpaired) electrons. The number of hydrogen-bond acceptors (Lipinski definition) is 6. The average molecular weight is 487 g/mol. The number of nitrogens with one attached hydrogen (secondary N) is 1. The highest BCUT2D eigenvalue weighted by atomic mass is 16.5.